The fourth-order valence-electron chi connectivity index (χ4n) is 2.76. The van der Waals surface area contributed by atoms with Gasteiger partial charge < -0.3 is 10.6 Å². The third-order valence-electron chi connectivity index (χ3n) is 4.19. The van der Waals surface area contributed by atoms with Crippen LogP contribution in [0.15, 0.2) is 36.0 Å². The molecular formula is C17H22N4OS. The van der Waals surface area contributed by atoms with Crippen LogP contribution >= 0.6 is 11.3 Å². The van der Waals surface area contributed by atoms with E-state index < -0.39 is 0 Å². The van der Waals surface area contributed by atoms with Gasteiger partial charge in [0.25, 0.3) is 0 Å². The maximum atomic E-state index is 11.9. The first-order valence-electron chi connectivity index (χ1n) is 7.92. The van der Waals surface area contributed by atoms with Gasteiger partial charge in [-0.2, -0.15) is 0 Å². The monoisotopic (exact) mass is 330 g/mol. The van der Waals surface area contributed by atoms with Crippen LogP contribution in [0.25, 0.3) is 0 Å². The predicted octanol–water partition coefficient (Wildman–Crippen LogP) is 2.39. The van der Waals surface area contributed by atoms with Crippen LogP contribution in [0.5, 0.6) is 0 Å². The van der Waals surface area contributed by atoms with E-state index in [1.807, 2.05) is 23.5 Å². The van der Waals surface area contributed by atoms with Gasteiger partial charge in [-0.1, -0.05) is 6.07 Å². The molecular weight excluding hydrogens is 308 g/mol. The summed E-state index contributed by atoms with van der Waals surface area (Å²) in [7, 11) is 0. The van der Waals surface area contributed by atoms with Gasteiger partial charge in [0, 0.05) is 49.5 Å². The molecule has 3 heterocycles. The lowest BCUT2D eigenvalue weighted by Crippen LogP contribution is -2.46. The Bertz CT molecular complexity index is 643. The van der Waals surface area contributed by atoms with Crippen molar-refractivity contribution in [2.24, 2.45) is 0 Å². The first-order valence-corrected chi connectivity index (χ1v) is 8.80. The lowest BCUT2D eigenvalue weighted by Gasteiger charge is -2.32. The summed E-state index contributed by atoms with van der Waals surface area (Å²) in [5, 5.41) is 7.99. The van der Waals surface area contributed by atoms with Gasteiger partial charge in [0.2, 0.25) is 0 Å². The fraction of sp³-hybridized carbons (Fsp3) is 0.412. The molecule has 2 aromatic rings. The number of nitrogens with zero attached hydrogens (tertiary/aromatic N) is 2. The largest absolute Gasteiger partial charge is 0.337 e. The number of fused-ring (bicyclic) bond motifs is 1. The molecule has 1 aliphatic rings. The van der Waals surface area contributed by atoms with Crippen molar-refractivity contribution in [3.63, 3.8) is 0 Å². The van der Waals surface area contributed by atoms with Gasteiger partial charge in [0.1, 0.15) is 0 Å². The van der Waals surface area contributed by atoms with Crippen molar-refractivity contribution in [3.8, 4) is 0 Å². The number of hydrogen-bond donors (Lipinski definition) is 2. The van der Waals surface area contributed by atoms with Gasteiger partial charge >= 0.3 is 6.03 Å². The van der Waals surface area contributed by atoms with E-state index in [0.29, 0.717) is 19.1 Å². The van der Waals surface area contributed by atoms with E-state index in [0.717, 1.165) is 25.1 Å². The maximum Gasteiger partial charge on any atom is 0.315 e. The standard InChI is InChI=1S/C17H22N4OS/c1-13(21-7-4-16-15(12-21)5-8-23-16)9-19-17(22)20-11-14-3-2-6-18-10-14/h2-3,5-6,8,10,13H,4,7,9,11-12H2,1H3,(H2,19,20,22)/t13-/m1/s1. The maximum absolute atomic E-state index is 11.9. The molecule has 0 aromatic carbocycles. The second-order valence-corrected chi connectivity index (χ2v) is 6.86. The second kappa shape index (κ2) is 7.57. The number of amides is 2. The molecule has 0 saturated carbocycles. The zero-order chi connectivity index (χ0) is 16.1. The lowest BCUT2D eigenvalue weighted by atomic mass is 10.1. The van der Waals surface area contributed by atoms with Crippen LogP contribution < -0.4 is 10.6 Å². The number of thiophene rings is 1. The molecule has 2 amide bonds. The second-order valence-electron chi connectivity index (χ2n) is 5.86. The van der Waals surface area contributed by atoms with Gasteiger partial charge in [0.15, 0.2) is 0 Å². The van der Waals surface area contributed by atoms with Crippen molar-refractivity contribution in [1.29, 1.82) is 0 Å². The van der Waals surface area contributed by atoms with E-state index in [1.165, 1.54) is 10.4 Å². The summed E-state index contributed by atoms with van der Waals surface area (Å²) in [6, 6.07) is 6.22. The molecule has 0 spiro atoms. The van der Waals surface area contributed by atoms with E-state index >= 15 is 0 Å². The molecule has 2 aromatic heterocycles. The highest BCUT2D eigenvalue weighted by molar-refractivity contribution is 7.10. The molecule has 0 bridgehead atoms. The van der Waals surface area contributed by atoms with Crippen LogP contribution in [0.3, 0.4) is 0 Å². The zero-order valence-electron chi connectivity index (χ0n) is 13.3. The first kappa shape index (κ1) is 16.0. The van der Waals surface area contributed by atoms with Gasteiger partial charge in [-0.15, -0.1) is 11.3 Å². The summed E-state index contributed by atoms with van der Waals surface area (Å²) < 4.78 is 0. The van der Waals surface area contributed by atoms with Crippen LogP contribution in [0, 0.1) is 0 Å². The summed E-state index contributed by atoms with van der Waals surface area (Å²) >= 11 is 1.85. The number of urea groups is 1. The summed E-state index contributed by atoms with van der Waals surface area (Å²) in [6.45, 7) is 5.36. The molecule has 1 atom stereocenters. The Hall–Kier alpha value is -1.92. The van der Waals surface area contributed by atoms with Gasteiger partial charge in [-0.05, 0) is 42.0 Å². The number of hydrogen-bond acceptors (Lipinski definition) is 4. The van der Waals surface area contributed by atoms with Crippen molar-refractivity contribution in [2.45, 2.75) is 32.5 Å². The number of carbonyl (C=O) groups is 1. The Morgan fingerprint density at radius 1 is 1.43 bits per heavy atom. The third kappa shape index (κ3) is 4.30. The smallest absolute Gasteiger partial charge is 0.315 e. The lowest BCUT2D eigenvalue weighted by molar-refractivity contribution is 0.186. The molecule has 3 rings (SSSR count). The van der Waals surface area contributed by atoms with Gasteiger partial charge in [0.05, 0.1) is 0 Å². The minimum atomic E-state index is -0.131. The van der Waals surface area contributed by atoms with Crippen LogP contribution in [0.1, 0.15) is 22.9 Å². The summed E-state index contributed by atoms with van der Waals surface area (Å²) in [5.74, 6) is 0. The molecule has 23 heavy (non-hydrogen) atoms. The average molecular weight is 330 g/mol. The quantitative estimate of drug-likeness (QED) is 0.885. The number of rotatable bonds is 5. The summed E-state index contributed by atoms with van der Waals surface area (Å²) in [4.78, 5) is 19.9. The summed E-state index contributed by atoms with van der Waals surface area (Å²) in [5.41, 5.74) is 2.44. The van der Waals surface area contributed by atoms with Crippen molar-refractivity contribution >= 4 is 17.4 Å². The minimum Gasteiger partial charge on any atom is -0.337 e. The predicted molar refractivity (Wildman–Crippen MR) is 92.4 cm³/mol. The van der Waals surface area contributed by atoms with E-state index in [4.69, 9.17) is 0 Å². The van der Waals surface area contributed by atoms with Crippen LogP contribution in [0.2, 0.25) is 0 Å². The van der Waals surface area contributed by atoms with Crippen LogP contribution in [-0.2, 0) is 19.5 Å². The first-order chi connectivity index (χ1) is 11.2. The van der Waals surface area contributed by atoms with Crippen molar-refractivity contribution in [2.75, 3.05) is 13.1 Å². The molecule has 0 saturated heterocycles. The SMILES string of the molecule is C[C@H](CNC(=O)NCc1cccnc1)N1CCc2sccc2C1. The van der Waals surface area contributed by atoms with Crippen LogP contribution in [0.4, 0.5) is 4.79 Å². The molecule has 0 aliphatic carbocycles. The number of nitrogens with one attached hydrogen (secondary N) is 2. The van der Waals surface area contributed by atoms with E-state index in [1.54, 1.807) is 12.4 Å². The normalized spacial score (nSPS) is 15.7. The van der Waals surface area contributed by atoms with Crippen molar-refractivity contribution < 1.29 is 4.79 Å². The van der Waals surface area contributed by atoms with E-state index in [9.17, 15) is 4.79 Å². The fourth-order valence-corrected chi connectivity index (χ4v) is 3.65. The van der Waals surface area contributed by atoms with Crippen molar-refractivity contribution in [3.05, 3.63) is 52.0 Å². The van der Waals surface area contributed by atoms with E-state index in [2.05, 4.69) is 38.9 Å². The Morgan fingerprint density at radius 3 is 3.17 bits per heavy atom. The topological polar surface area (TPSA) is 57.3 Å². The molecule has 5 nitrogen and oxygen atoms in total. The Morgan fingerprint density at radius 2 is 2.35 bits per heavy atom. The highest BCUT2D eigenvalue weighted by Gasteiger charge is 2.21. The minimum absolute atomic E-state index is 0.131. The highest BCUT2D eigenvalue weighted by atomic mass is 32.1. The van der Waals surface area contributed by atoms with E-state index in [-0.39, 0.29) is 6.03 Å². The Labute approximate surface area is 140 Å². The number of carbonyl (C=O) groups excluding carboxylic acids is 1. The van der Waals surface area contributed by atoms with Crippen LogP contribution in [-0.4, -0.2) is 35.0 Å². The molecule has 0 fully saturated rings. The molecule has 2 N–H and O–H groups in total. The van der Waals surface area contributed by atoms with Gasteiger partial charge in [-0.25, -0.2) is 4.79 Å². The van der Waals surface area contributed by atoms with Gasteiger partial charge in [-0.3, -0.25) is 9.88 Å². The summed E-state index contributed by atoms with van der Waals surface area (Å²) in [6.07, 6.45) is 4.60. The molecule has 6 heteroatoms. The Balaban J connectivity index is 1.40. The molecule has 0 radical (unpaired) electrons. The highest BCUT2D eigenvalue weighted by Crippen LogP contribution is 2.24. The molecule has 1 aliphatic heterocycles. The molecule has 122 valence electrons. The molecule has 0 unspecified atom stereocenters. The third-order valence-corrected chi connectivity index (χ3v) is 5.22. The van der Waals surface area contributed by atoms with Crippen molar-refractivity contribution in [1.82, 2.24) is 20.5 Å². The number of pyridine rings is 1. The number of aromatic nitrogens is 1. The Kier molecular flexibility index (Phi) is 5.25. The average Bonchev–Trinajstić information content (AvgIpc) is 3.06. The zero-order valence-corrected chi connectivity index (χ0v) is 14.1.